The van der Waals surface area contributed by atoms with E-state index in [0.29, 0.717) is 12.2 Å². The first-order chi connectivity index (χ1) is 11.6. The highest BCUT2D eigenvalue weighted by Gasteiger charge is 2.38. The van der Waals surface area contributed by atoms with Gasteiger partial charge in [-0.3, -0.25) is 9.69 Å². The molecule has 0 radical (unpaired) electrons. The Morgan fingerprint density at radius 1 is 1.17 bits per heavy atom. The summed E-state index contributed by atoms with van der Waals surface area (Å²) in [7, 11) is 1.33. The van der Waals surface area contributed by atoms with Gasteiger partial charge >= 0.3 is 5.97 Å². The predicted molar refractivity (Wildman–Crippen MR) is 93.1 cm³/mol. The lowest BCUT2D eigenvalue weighted by Gasteiger charge is -2.23. The van der Waals surface area contributed by atoms with Gasteiger partial charge in [0.15, 0.2) is 6.61 Å². The Morgan fingerprint density at radius 3 is 2.58 bits per heavy atom. The standard InChI is InChI=1S/C18H16BrNO4/c1-23-18(22)16-10-12-4-2-3-5-15(12)20(16)17(21)11-24-14-8-6-13(19)7-9-14/h2-9,16H,10-11H2,1H3/t16-/m1/s1. The second-order valence-electron chi connectivity index (χ2n) is 5.38. The quantitative estimate of drug-likeness (QED) is 0.754. The van der Waals surface area contributed by atoms with Crippen LogP contribution in [0.5, 0.6) is 5.75 Å². The van der Waals surface area contributed by atoms with E-state index in [4.69, 9.17) is 9.47 Å². The highest BCUT2D eigenvalue weighted by Crippen LogP contribution is 2.32. The summed E-state index contributed by atoms with van der Waals surface area (Å²) < 4.78 is 11.3. The van der Waals surface area contributed by atoms with Gasteiger partial charge in [0, 0.05) is 16.6 Å². The van der Waals surface area contributed by atoms with E-state index in [1.807, 2.05) is 36.4 Å². The summed E-state index contributed by atoms with van der Waals surface area (Å²) >= 11 is 3.35. The molecule has 0 saturated heterocycles. The first-order valence-electron chi connectivity index (χ1n) is 7.46. The second kappa shape index (κ2) is 7.05. The molecular weight excluding hydrogens is 374 g/mol. The van der Waals surface area contributed by atoms with Crippen molar-refractivity contribution in [1.29, 1.82) is 0 Å². The maximum Gasteiger partial charge on any atom is 0.329 e. The summed E-state index contributed by atoms with van der Waals surface area (Å²) in [5.41, 5.74) is 1.68. The lowest BCUT2D eigenvalue weighted by molar-refractivity contribution is -0.143. The molecule has 2 aromatic rings. The molecule has 1 aliphatic rings. The molecule has 1 aliphatic heterocycles. The van der Waals surface area contributed by atoms with Gasteiger partial charge in [0.1, 0.15) is 11.8 Å². The van der Waals surface area contributed by atoms with Crippen molar-refractivity contribution in [1.82, 2.24) is 0 Å². The zero-order chi connectivity index (χ0) is 17.1. The van der Waals surface area contributed by atoms with Gasteiger partial charge in [0.2, 0.25) is 0 Å². The summed E-state index contributed by atoms with van der Waals surface area (Å²) in [6.45, 7) is -0.149. The molecule has 24 heavy (non-hydrogen) atoms. The number of nitrogens with zero attached hydrogens (tertiary/aromatic N) is 1. The van der Waals surface area contributed by atoms with Crippen molar-refractivity contribution < 1.29 is 19.1 Å². The summed E-state index contributed by atoms with van der Waals surface area (Å²) in [6.07, 6.45) is 0.451. The second-order valence-corrected chi connectivity index (χ2v) is 6.29. The van der Waals surface area contributed by atoms with E-state index in [1.165, 1.54) is 12.0 Å². The molecule has 1 amide bonds. The smallest absolute Gasteiger partial charge is 0.329 e. The first kappa shape index (κ1) is 16.5. The van der Waals surface area contributed by atoms with Gasteiger partial charge in [0.05, 0.1) is 7.11 Å². The summed E-state index contributed by atoms with van der Waals surface area (Å²) in [6, 6.07) is 14.0. The van der Waals surface area contributed by atoms with Gasteiger partial charge in [-0.05, 0) is 35.9 Å². The number of carbonyl (C=O) groups excluding carboxylic acids is 2. The molecule has 0 spiro atoms. The molecule has 2 aromatic carbocycles. The average Bonchev–Trinajstić information content (AvgIpc) is 3.00. The molecule has 0 fully saturated rings. The Morgan fingerprint density at radius 2 is 1.88 bits per heavy atom. The summed E-state index contributed by atoms with van der Waals surface area (Å²) in [4.78, 5) is 26.2. The van der Waals surface area contributed by atoms with Crippen LogP contribution >= 0.6 is 15.9 Å². The van der Waals surface area contributed by atoms with E-state index in [0.717, 1.165) is 15.7 Å². The normalized spacial score (nSPS) is 15.8. The minimum absolute atomic E-state index is 0.149. The monoisotopic (exact) mass is 389 g/mol. The van der Waals surface area contributed by atoms with Crippen molar-refractivity contribution >= 4 is 33.5 Å². The molecule has 0 aliphatic carbocycles. The van der Waals surface area contributed by atoms with Gasteiger partial charge in [-0.1, -0.05) is 34.1 Å². The van der Waals surface area contributed by atoms with Gasteiger partial charge < -0.3 is 9.47 Å². The molecular formula is C18H16BrNO4. The Hall–Kier alpha value is -2.34. The van der Waals surface area contributed by atoms with Gasteiger partial charge in [-0.25, -0.2) is 4.79 Å². The van der Waals surface area contributed by atoms with Gasteiger partial charge in [0.25, 0.3) is 5.91 Å². The molecule has 3 rings (SSSR count). The lowest BCUT2D eigenvalue weighted by Crippen LogP contribution is -2.45. The van der Waals surface area contributed by atoms with Crippen molar-refractivity contribution in [3.05, 3.63) is 58.6 Å². The van der Waals surface area contributed by atoms with Crippen LogP contribution in [0, 0.1) is 0 Å². The van der Waals surface area contributed by atoms with E-state index < -0.39 is 12.0 Å². The molecule has 0 unspecified atom stereocenters. The van der Waals surface area contributed by atoms with E-state index in [9.17, 15) is 9.59 Å². The van der Waals surface area contributed by atoms with Crippen LogP contribution in [0.3, 0.4) is 0 Å². The summed E-state index contributed by atoms with van der Waals surface area (Å²) in [5, 5.41) is 0. The number of para-hydroxylation sites is 1. The van der Waals surface area contributed by atoms with Crippen LogP contribution in [0.4, 0.5) is 5.69 Å². The zero-order valence-electron chi connectivity index (χ0n) is 13.1. The maximum absolute atomic E-state index is 12.7. The van der Waals surface area contributed by atoms with Gasteiger partial charge in [-0.15, -0.1) is 0 Å². The molecule has 0 bridgehead atoms. The van der Waals surface area contributed by atoms with Crippen LogP contribution in [0.2, 0.25) is 0 Å². The number of halogens is 1. The van der Waals surface area contributed by atoms with Crippen LogP contribution in [-0.2, 0) is 20.7 Å². The Kier molecular flexibility index (Phi) is 4.85. The maximum atomic E-state index is 12.7. The van der Waals surface area contributed by atoms with Crippen molar-refractivity contribution in [3.63, 3.8) is 0 Å². The zero-order valence-corrected chi connectivity index (χ0v) is 14.7. The number of amides is 1. The third kappa shape index (κ3) is 3.28. The number of hydrogen-bond donors (Lipinski definition) is 0. The van der Waals surface area contributed by atoms with Gasteiger partial charge in [-0.2, -0.15) is 0 Å². The number of methoxy groups -OCH3 is 1. The largest absolute Gasteiger partial charge is 0.484 e. The molecule has 124 valence electrons. The number of fused-ring (bicyclic) bond motifs is 1. The Balaban J connectivity index is 1.77. The fourth-order valence-corrected chi connectivity index (χ4v) is 3.03. The van der Waals surface area contributed by atoms with Crippen LogP contribution in [-0.4, -0.2) is 31.6 Å². The molecule has 1 atom stereocenters. The van der Waals surface area contributed by atoms with Crippen molar-refractivity contribution in [2.24, 2.45) is 0 Å². The van der Waals surface area contributed by atoms with Crippen molar-refractivity contribution in [2.75, 3.05) is 18.6 Å². The molecule has 5 nitrogen and oxygen atoms in total. The third-order valence-corrected chi connectivity index (χ3v) is 4.42. The van der Waals surface area contributed by atoms with Crippen molar-refractivity contribution in [2.45, 2.75) is 12.5 Å². The van der Waals surface area contributed by atoms with E-state index in [2.05, 4.69) is 15.9 Å². The minimum atomic E-state index is -0.645. The molecule has 0 N–H and O–H groups in total. The average molecular weight is 390 g/mol. The van der Waals surface area contributed by atoms with Crippen LogP contribution in [0.1, 0.15) is 5.56 Å². The third-order valence-electron chi connectivity index (χ3n) is 3.89. The highest BCUT2D eigenvalue weighted by molar-refractivity contribution is 9.10. The van der Waals surface area contributed by atoms with Crippen molar-refractivity contribution in [3.8, 4) is 5.75 Å². The van der Waals surface area contributed by atoms with E-state index >= 15 is 0 Å². The summed E-state index contributed by atoms with van der Waals surface area (Å²) in [5.74, 6) is -0.116. The number of hydrogen-bond acceptors (Lipinski definition) is 4. The molecule has 6 heteroatoms. The number of ether oxygens (including phenoxy) is 2. The Labute approximate surface area is 148 Å². The Bertz CT molecular complexity index is 760. The number of anilines is 1. The molecule has 0 aromatic heterocycles. The number of esters is 1. The van der Waals surface area contributed by atoms with Crippen LogP contribution in [0.25, 0.3) is 0 Å². The van der Waals surface area contributed by atoms with Crippen LogP contribution < -0.4 is 9.64 Å². The highest BCUT2D eigenvalue weighted by atomic mass is 79.9. The number of rotatable bonds is 4. The SMILES string of the molecule is COC(=O)[C@H]1Cc2ccccc2N1C(=O)COc1ccc(Br)cc1. The predicted octanol–water partition coefficient (Wildman–Crippen LogP) is 2.96. The van der Waals surface area contributed by atoms with E-state index in [-0.39, 0.29) is 12.5 Å². The molecule has 0 saturated carbocycles. The van der Waals surface area contributed by atoms with Crippen LogP contribution in [0.15, 0.2) is 53.0 Å². The van der Waals surface area contributed by atoms with E-state index in [1.54, 1.807) is 12.1 Å². The topological polar surface area (TPSA) is 55.8 Å². The minimum Gasteiger partial charge on any atom is -0.484 e. The fourth-order valence-electron chi connectivity index (χ4n) is 2.76. The lowest BCUT2D eigenvalue weighted by atomic mass is 10.1. The number of benzene rings is 2. The first-order valence-corrected chi connectivity index (χ1v) is 8.25. The molecule has 1 heterocycles. The fraction of sp³-hybridized carbons (Fsp3) is 0.222. The number of carbonyl (C=O) groups is 2.